The number of nitrogens with two attached hydrogens (primary N) is 1. The van der Waals surface area contributed by atoms with Gasteiger partial charge in [-0.15, -0.1) is 0 Å². The molecular weight excluding hydrogens is 266 g/mol. The molecule has 2 N–H and O–H groups in total. The first-order chi connectivity index (χ1) is 8.66. The van der Waals surface area contributed by atoms with Gasteiger partial charge in [-0.3, -0.25) is 0 Å². The molecule has 2 aromatic carbocycles. The van der Waals surface area contributed by atoms with Crippen LogP contribution in [-0.4, -0.2) is 4.99 Å². The van der Waals surface area contributed by atoms with Crippen LogP contribution in [0.3, 0.4) is 0 Å². The Hall–Kier alpha value is -1.58. The molecule has 0 atom stereocenters. The summed E-state index contributed by atoms with van der Waals surface area (Å²) in [6.07, 6.45) is 0. The summed E-state index contributed by atoms with van der Waals surface area (Å²) in [5.41, 5.74) is 7.42. The Morgan fingerprint density at radius 2 is 1.78 bits per heavy atom. The SMILES string of the molecule is NC(=S)c1ccc(COc2ccccc2Cl)cc1. The van der Waals surface area contributed by atoms with Gasteiger partial charge in [0.1, 0.15) is 17.3 Å². The third-order valence-corrected chi connectivity index (χ3v) is 3.02. The molecule has 18 heavy (non-hydrogen) atoms. The lowest BCUT2D eigenvalue weighted by Gasteiger charge is -2.08. The van der Waals surface area contributed by atoms with Gasteiger partial charge in [-0.1, -0.05) is 60.2 Å². The molecule has 0 fully saturated rings. The highest BCUT2D eigenvalue weighted by atomic mass is 35.5. The number of halogens is 1. The van der Waals surface area contributed by atoms with E-state index in [-0.39, 0.29) is 0 Å². The van der Waals surface area contributed by atoms with Crippen LogP contribution in [0, 0.1) is 0 Å². The van der Waals surface area contributed by atoms with Crippen molar-refractivity contribution in [2.75, 3.05) is 0 Å². The highest BCUT2D eigenvalue weighted by Gasteiger charge is 2.01. The maximum atomic E-state index is 6.00. The minimum Gasteiger partial charge on any atom is -0.487 e. The fraction of sp³-hybridized carbons (Fsp3) is 0.0714. The van der Waals surface area contributed by atoms with Gasteiger partial charge in [-0.25, -0.2) is 0 Å². The van der Waals surface area contributed by atoms with Crippen molar-refractivity contribution in [2.45, 2.75) is 6.61 Å². The Kier molecular flexibility index (Phi) is 4.18. The van der Waals surface area contributed by atoms with Crippen molar-refractivity contribution in [3.05, 3.63) is 64.7 Å². The first-order valence-corrected chi connectivity index (χ1v) is 6.21. The highest BCUT2D eigenvalue weighted by molar-refractivity contribution is 7.80. The van der Waals surface area contributed by atoms with Crippen LogP contribution < -0.4 is 10.5 Å². The lowest BCUT2D eigenvalue weighted by atomic mass is 10.1. The van der Waals surface area contributed by atoms with Crippen molar-refractivity contribution in [3.63, 3.8) is 0 Å². The Bertz CT molecular complexity index is 554. The second-order valence-electron chi connectivity index (χ2n) is 3.78. The topological polar surface area (TPSA) is 35.2 Å². The van der Waals surface area contributed by atoms with Crippen molar-refractivity contribution >= 4 is 28.8 Å². The average Bonchev–Trinajstić information content (AvgIpc) is 2.38. The Labute approximate surface area is 116 Å². The zero-order chi connectivity index (χ0) is 13.0. The lowest BCUT2D eigenvalue weighted by Crippen LogP contribution is -2.09. The predicted molar refractivity (Wildman–Crippen MR) is 78.1 cm³/mol. The molecule has 0 aliphatic heterocycles. The Morgan fingerprint density at radius 1 is 1.11 bits per heavy atom. The minimum atomic E-state index is 0.397. The first-order valence-electron chi connectivity index (χ1n) is 5.43. The van der Waals surface area contributed by atoms with Gasteiger partial charge >= 0.3 is 0 Å². The van der Waals surface area contributed by atoms with Crippen LogP contribution >= 0.6 is 23.8 Å². The molecule has 2 nitrogen and oxygen atoms in total. The van der Waals surface area contributed by atoms with Crippen LogP contribution in [-0.2, 0) is 6.61 Å². The third-order valence-electron chi connectivity index (χ3n) is 2.47. The van der Waals surface area contributed by atoms with Crippen LogP contribution in [0.5, 0.6) is 5.75 Å². The van der Waals surface area contributed by atoms with E-state index in [9.17, 15) is 0 Å². The summed E-state index contributed by atoms with van der Waals surface area (Å²) in [7, 11) is 0. The van der Waals surface area contributed by atoms with Gasteiger partial charge in [-0.05, 0) is 17.7 Å². The number of hydrogen-bond acceptors (Lipinski definition) is 2. The van der Waals surface area contributed by atoms with E-state index in [4.69, 9.17) is 34.3 Å². The van der Waals surface area contributed by atoms with Gasteiger partial charge in [0.05, 0.1) is 5.02 Å². The van der Waals surface area contributed by atoms with Gasteiger partial charge < -0.3 is 10.5 Å². The molecule has 0 bridgehead atoms. The first kappa shape index (κ1) is 12.9. The summed E-state index contributed by atoms with van der Waals surface area (Å²) >= 11 is 10.9. The quantitative estimate of drug-likeness (QED) is 0.868. The number of thiocarbonyl (C=S) groups is 1. The standard InChI is InChI=1S/C14H12ClNOS/c15-12-3-1-2-4-13(12)17-9-10-5-7-11(8-6-10)14(16)18/h1-8H,9H2,(H2,16,18). The van der Waals surface area contributed by atoms with Crippen molar-refractivity contribution in [1.82, 2.24) is 0 Å². The molecular formula is C14H12ClNOS. The lowest BCUT2D eigenvalue weighted by molar-refractivity contribution is 0.306. The van der Waals surface area contributed by atoms with E-state index in [0.29, 0.717) is 22.4 Å². The van der Waals surface area contributed by atoms with E-state index in [0.717, 1.165) is 11.1 Å². The van der Waals surface area contributed by atoms with E-state index in [1.807, 2.05) is 42.5 Å². The molecule has 0 amide bonds. The smallest absolute Gasteiger partial charge is 0.138 e. The van der Waals surface area contributed by atoms with Crippen LogP contribution in [0.25, 0.3) is 0 Å². The number of benzene rings is 2. The third kappa shape index (κ3) is 3.22. The molecule has 0 unspecified atom stereocenters. The summed E-state index contributed by atoms with van der Waals surface area (Å²) in [6.45, 7) is 0.460. The second kappa shape index (κ2) is 5.85. The van der Waals surface area contributed by atoms with E-state index in [1.54, 1.807) is 6.07 Å². The van der Waals surface area contributed by atoms with Gasteiger partial charge in [0.15, 0.2) is 0 Å². The Morgan fingerprint density at radius 3 is 2.39 bits per heavy atom. The van der Waals surface area contributed by atoms with Crippen LogP contribution in [0.1, 0.15) is 11.1 Å². The van der Waals surface area contributed by atoms with Crippen LogP contribution in [0.15, 0.2) is 48.5 Å². The molecule has 2 rings (SSSR count). The molecule has 0 saturated heterocycles. The monoisotopic (exact) mass is 277 g/mol. The fourth-order valence-electron chi connectivity index (χ4n) is 1.49. The molecule has 0 saturated carbocycles. The second-order valence-corrected chi connectivity index (χ2v) is 4.63. The minimum absolute atomic E-state index is 0.397. The van der Waals surface area contributed by atoms with Gasteiger partial charge in [0.25, 0.3) is 0 Å². The molecule has 0 heterocycles. The summed E-state index contributed by atoms with van der Waals surface area (Å²) in [4.78, 5) is 0.397. The van der Waals surface area contributed by atoms with E-state index in [1.165, 1.54) is 0 Å². The molecule has 4 heteroatoms. The number of hydrogen-bond donors (Lipinski definition) is 1. The molecule has 0 radical (unpaired) electrons. The number of para-hydroxylation sites is 1. The fourth-order valence-corrected chi connectivity index (χ4v) is 1.81. The molecule has 92 valence electrons. The van der Waals surface area contributed by atoms with Crippen molar-refractivity contribution in [2.24, 2.45) is 5.73 Å². The van der Waals surface area contributed by atoms with Crippen molar-refractivity contribution < 1.29 is 4.74 Å². The number of ether oxygens (including phenoxy) is 1. The largest absolute Gasteiger partial charge is 0.487 e. The zero-order valence-corrected chi connectivity index (χ0v) is 11.2. The van der Waals surface area contributed by atoms with E-state index >= 15 is 0 Å². The van der Waals surface area contributed by atoms with Gasteiger partial charge in [0, 0.05) is 5.56 Å². The molecule has 0 spiro atoms. The molecule has 2 aromatic rings. The average molecular weight is 278 g/mol. The molecule has 0 aliphatic carbocycles. The summed E-state index contributed by atoms with van der Waals surface area (Å²) < 4.78 is 5.63. The summed E-state index contributed by atoms with van der Waals surface area (Å²) in [5.74, 6) is 0.678. The summed E-state index contributed by atoms with van der Waals surface area (Å²) in [5, 5.41) is 0.609. The zero-order valence-electron chi connectivity index (χ0n) is 9.60. The Balaban J connectivity index is 2.02. The predicted octanol–water partition coefficient (Wildman–Crippen LogP) is 3.55. The molecule has 0 aromatic heterocycles. The maximum absolute atomic E-state index is 6.00. The van der Waals surface area contributed by atoms with Crippen LogP contribution in [0.2, 0.25) is 5.02 Å². The van der Waals surface area contributed by atoms with Crippen molar-refractivity contribution in [1.29, 1.82) is 0 Å². The number of rotatable bonds is 4. The highest BCUT2D eigenvalue weighted by Crippen LogP contribution is 2.24. The normalized spacial score (nSPS) is 10.1. The molecule has 0 aliphatic rings. The van der Waals surface area contributed by atoms with Crippen molar-refractivity contribution in [3.8, 4) is 5.75 Å². The van der Waals surface area contributed by atoms with Gasteiger partial charge in [0.2, 0.25) is 0 Å². The van der Waals surface area contributed by atoms with E-state index in [2.05, 4.69) is 0 Å². The van der Waals surface area contributed by atoms with Crippen LogP contribution in [0.4, 0.5) is 0 Å². The summed E-state index contributed by atoms with van der Waals surface area (Å²) in [6, 6.07) is 15.0. The maximum Gasteiger partial charge on any atom is 0.138 e. The van der Waals surface area contributed by atoms with Gasteiger partial charge in [-0.2, -0.15) is 0 Å². The van der Waals surface area contributed by atoms with E-state index < -0.39 is 0 Å².